The van der Waals surface area contributed by atoms with Gasteiger partial charge in [-0.2, -0.15) is 0 Å². The molecular weight excluding hydrogens is 308 g/mol. The van der Waals surface area contributed by atoms with Crippen molar-refractivity contribution in [3.05, 3.63) is 66.7 Å². The smallest absolute Gasteiger partial charge is 0.355 e. The summed E-state index contributed by atoms with van der Waals surface area (Å²) in [7, 11) is 0. The number of aromatic nitrogens is 2. The summed E-state index contributed by atoms with van der Waals surface area (Å²) < 4.78 is 7.38. The predicted molar refractivity (Wildman–Crippen MR) is 89.7 cm³/mol. The molecule has 0 aliphatic heterocycles. The molecule has 5 heteroatoms. The SMILES string of the molecule is O=C(OC1CC(Sc2ccccc2)C1)c1cccc2cncn12. The summed E-state index contributed by atoms with van der Waals surface area (Å²) in [5, 5.41) is 0.527. The maximum Gasteiger partial charge on any atom is 0.355 e. The van der Waals surface area contributed by atoms with Gasteiger partial charge in [0.05, 0.1) is 18.0 Å². The van der Waals surface area contributed by atoms with E-state index in [0.29, 0.717) is 10.9 Å². The number of hydrogen-bond acceptors (Lipinski definition) is 4. The molecule has 0 radical (unpaired) electrons. The van der Waals surface area contributed by atoms with E-state index in [1.54, 1.807) is 23.0 Å². The molecule has 23 heavy (non-hydrogen) atoms. The second kappa shape index (κ2) is 6.08. The second-order valence-corrected chi connectivity index (χ2v) is 7.02. The second-order valence-electron chi connectivity index (χ2n) is 5.65. The van der Waals surface area contributed by atoms with Crippen LogP contribution in [-0.4, -0.2) is 26.7 Å². The lowest BCUT2D eigenvalue weighted by Gasteiger charge is -2.34. The molecule has 0 bridgehead atoms. The number of fused-ring (bicyclic) bond motifs is 1. The van der Waals surface area contributed by atoms with Crippen LogP contribution in [0.1, 0.15) is 23.3 Å². The van der Waals surface area contributed by atoms with E-state index in [2.05, 4.69) is 17.1 Å². The van der Waals surface area contributed by atoms with Gasteiger partial charge < -0.3 is 4.74 Å². The normalized spacial score (nSPS) is 20.2. The third-order valence-electron chi connectivity index (χ3n) is 4.03. The Morgan fingerprint density at radius 3 is 2.78 bits per heavy atom. The van der Waals surface area contributed by atoms with Gasteiger partial charge in [0, 0.05) is 10.1 Å². The molecule has 1 saturated carbocycles. The van der Waals surface area contributed by atoms with Crippen LogP contribution in [0.25, 0.3) is 5.52 Å². The molecule has 4 rings (SSSR count). The fraction of sp³-hybridized carbons (Fsp3) is 0.222. The number of thioether (sulfide) groups is 1. The Labute approximate surface area is 138 Å². The highest BCUT2D eigenvalue weighted by atomic mass is 32.2. The zero-order chi connectivity index (χ0) is 15.6. The number of carbonyl (C=O) groups excluding carboxylic acids is 1. The highest BCUT2D eigenvalue weighted by Crippen LogP contribution is 2.38. The van der Waals surface area contributed by atoms with E-state index in [9.17, 15) is 4.79 Å². The molecule has 116 valence electrons. The van der Waals surface area contributed by atoms with Crippen molar-refractivity contribution in [1.29, 1.82) is 0 Å². The molecule has 2 heterocycles. The lowest BCUT2D eigenvalue weighted by Crippen LogP contribution is -2.35. The van der Waals surface area contributed by atoms with Crippen molar-refractivity contribution in [2.24, 2.45) is 0 Å². The molecule has 0 atom stereocenters. The van der Waals surface area contributed by atoms with Gasteiger partial charge in [-0.25, -0.2) is 9.78 Å². The van der Waals surface area contributed by atoms with Crippen LogP contribution in [0.3, 0.4) is 0 Å². The minimum absolute atomic E-state index is 0.0162. The molecule has 0 amide bonds. The Kier molecular flexibility index (Phi) is 3.79. The van der Waals surface area contributed by atoms with E-state index in [1.807, 2.05) is 42.1 Å². The van der Waals surface area contributed by atoms with E-state index in [-0.39, 0.29) is 12.1 Å². The topological polar surface area (TPSA) is 43.6 Å². The maximum atomic E-state index is 12.3. The standard InChI is InChI=1S/C18H16N2O2S/c21-18(17-8-4-5-13-11-19-12-20(13)17)22-14-9-16(10-14)23-15-6-2-1-3-7-15/h1-8,11-12,14,16H,9-10H2. The number of ether oxygens (including phenoxy) is 1. The minimum atomic E-state index is -0.276. The van der Waals surface area contributed by atoms with Gasteiger partial charge in [0.25, 0.3) is 0 Å². The lowest BCUT2D eigenvalue weighted by molar-refractivity contribution is 0.0101. The molecule has 1 aliphatic rings. The van der Waals surface area contributed by atoms with Crippen molar-refractivity contribution in [2.75, 3.05) is 0 Å². The summed E-state index contributed by atoms with van der Waals surface area (Å²) in [6, 6.07) is 15.9. The summed E-state index contributed by atoms with van der Waals surface area (Å²) >= 11 is 1.85. The fourth-order valence-electron chi connectivity index (χ4n) is 2.73. The fourth-order valence-corrected chi connectivity index (χ4v) is 4.05. The lowest BCUT2D eigenvalue weighted by atomic mass is 9.95. The van der Waals surface area contributed by atoms with Gasteiger partial charge in [0.1, 0.15) is 11.8 Å². The first kappa shape index (κ1) is 14.3. The average Bonchev–Trinajstić information content (AvgIpc) is 3.02. The zero-order valence-corrected chi connectivity index (χ0v) is 13.3. The molecular formula is C18H16N2O2S. The molecule has 0 spiro atoms. The molecule has 2 aromatic heterocycles. The highest BCUT2D eigenvalue weighted by molar-refractivity contribution is 8.00. The summed E-state index contributed by atoms with van der Waals surface area (Å²) in [6.07, 6.45) is 5.20. The Balaban J connectivity index is 1.35. The Morgan fingerprint density at radius 2 is 1.96 bits per heavy atom. The van der Waals surface area contributed by atoms with Gasteiger partial charge in [-0.05, 0) is 37.1 Å². The van der Waals surface area contributed by atoms with Gasteiger partial charge >= 0.3 is 5.97 Å². The summed E-state index contributed by atoms with van der Waals surface area (Å²) in [6.45, 7) is 0. The van der Waals surface area contributed by atoms with Gasteiger partial charge in [0.2, 0.25) is 0 Å². The van der Waals surface area contributed by atoms with Crippen LogP contribution in [0.15, 0.2) is 66.0 Å². The van der Waals surface area contributed by atoms with Crippen LogP contribution in [-0.2, 0) is 4.74 Å². The summed E-state index contributed by atoms with van der Waals surface area (Å²) in [5.41, 5.74) is 1.42. The average molecular weight is 324 g/mol. The number of imidazole rings is 1. The molecule has 4 nitrogen and oxygen atoms in total. The third-order valence-corrected chi connectivity index (χ3v) is 5.29. The van der Waals surface area contributed by atoms with Gasteiger partial charge in [-0.1, -0.05) is 24.3 Å². The maximum absolute atomic E-state index is 12.3. The first-order valence-electron chi connectivity index (χ1n) is 7.63. The van der Waals surface area contributed by atoms with E-state index < -0.39 is 0 Å². The van der Waals surface area contributed by atoms with Crippen LogP contribution < -0.4 is 0 Å². The van der Waals surface area contributed by atoms with Crippen LogP contribution in [0.2, 0.25) is 0 Å². The van der Waals surface area contributed by atoms with E-state index in [4.69, 9.17) is 4.74 Å². The minimum Gasteiger partial charge on any atom is -0.458 e. The number of benzene rings is 1. The monoisotopic (exact) mass is 324 g/mol. The van der Waals surface area contributed by atoms with E-state index in [0.717, 1.165) is 18.4 Å². The highest BCUT2D eigenvalue weighted by Gasteiger charge is 2.33. The van der Waals surface area contributed by atoms with Crippen LogP contribution in [0, 0.1) is 0 Å². The van der Waals surface area contributed by atoms with Crippen molar-refractivity contribution in [3.8, 4) is 0 Å². The predicted octanol–water partition coefficient (Wildman–Crippen LogP) is 3.81. The van der Waals surface area contributed by atoms with Crippen LogP contribution >= 0.6 is 11.8 Å². The van der Waals surface area contributed by atoms with Gasteiger partial charge in [-0.15, -0.1) is 11.8 Å². The summed E-state index contributed by atoms with van der Waals surface area (Å²) in [4.78, 5) is 17.7. The largest absolute Gasteiger partial charge is 0.458 e. The number of pyridine rings is 1. The molecule has 1 fully saturated rings. The first-order valence-corrected chi connectivity index (χ1v) is 8.51. The molecule has 0 unspecified atom stereocenters. The van der Waals surface area contributed by atoms with E-state index in [1.165, 1.54) is 4.90 Å². The number of esters is 1. The van der Waals surface area contributed by atoms with Gasteiger partial charge in [-0.3, -0.25) is 4.40 Å². The Morgan fingerprint density at radius 1 is 1.13 bits per heavy atom. The molecule has 1 aliphatic carbocycles. The Bertz CT molecular complexity index is 825. The van der Waals surface area contributed by atoms with Crippen molar-refractivity contribution in [2.45, 2.75) is 29.1 Å². The van der Waals surface area contributed by atoms with Crippen LogP contribution in [0.5, 0.6) is 0 Å². The first-order chi connectivity index (χ1) is 11.3. The van der Waals surface area contributed by atoms with Crippen LogP contribution in [0.4, 0.5) is 0 Å². The zero-order valence-electron chi connectivity index (χ0n) is 12.5. The quantitative estimate of drug-likeness (QED) is 0.684. The number of rotatable bonds is 4. The molecule has 1 aromatic carbocycles. The molecule has 3 aromatic rings. The molecule has 0 saturated heterocycles. The summed E-state index contributed by atoms with van der Waals surface area (Å²) in [5.74, 6) is -0.276. The number of nitrogens with zero attached hydrogens (tertiary/aromatic N) is 2. The van der Waals surface area contributed by atoms with Crippen molar-refractivity contribution >= 4 is 23.2 Å². The number of hydrogen-bond donors (Lipinski definition) is 0. The Hall–Kier alpha value is -2.27. The number of carbonyl (C=O) groups is 1. The van der Waals surface area contributed by atoms with E-state index >= 15 is 0 Å². The van der Waals surface area contributed by atoms with Crippen molar-refractivity contribution in [3.63, 3.8) is 0 Å². The van der Waals surface area contributed by atoms with Gasteiger partial charge in [0.15, 0.2) is 0 Å². The van der Waals surface area contributed by atoms with Crippen molar-refractivity contribution < 1.29 is 9.53 Å². The third kappa shape index (κ3) is 2.97. The van der Waals surface area contributed by atoms with Crippen molar-refractivity contribution in [1.82, 2.24) is 9.38 Å². The molecule has 0 N–H and O–H groups in total.